The van der Waals surface area contributed by atoms with Gasteiger partial charge in [0.2, 0.25) is 5.82 Å². The number of carboxylic acids is 1. The summed E-state index contributed by atoms with van der Waals surface area (Å²) in [4.78, 5) is 15.4. The third-order valence-corrected chi connectivity index (χ3v) is 3.46. The van der Waals surface area contributed by atoms with Gasteiger partial charge in [0.25, 0.3) is 5.89 Å². The number of benzene rings is 2. The van der Waals surface area contributed by atoms with Crippen LogP contribution in [0.2, 0.25) is 5.02 Å². The third kappa shape index (κ3) is 3.02. The second kappa shape index (κ2) is 6.10. The quantitative estimate of drug-likeness (QED) is 0.783. The summed E-state index contributed by atoms with van der Waals surface area (Å²) in [5.74, 6) is -0.0537. The van der Waals surface area contributed by atoms with Gasteiger partial charge in [-0.15, -0.1) is 0 Å². The Kier molecular flexibility index (Phi) is 3.99. The number of methoxy groups -OCH3 is 1. The summed E-state index contributed by atoms with van der Waals surface area (Å²) in [7, 11) is 1.48. The molecule has 116 valence electrons. The largest absolute Gasteiger partial charge is 0.496 e. The van der Waals surface area contributed by atoms with E-state index in [1.807, 2.05) is 0 Å². The average Bonchev–Trinajstić information content (AvgIpc) is 3.04. The summed E-state index contributed by atoms with van der Waals surface area (Å²) < 4.78 is 10.5. The standard InChI is InChI=1S/C16H11ClN2O4/c1-22-13-7-4-10(16(20)21)8-12(13)15-18-14(19-23-15)9-2-5-11(17)6-3-9/h2-8H,1H3,(H,20,21). The Labute approximate surface area is 136 Å². The molecule has 7 heteroatoms. The first-order chi connectivity index (χ1) is 11.1. The molecule has 0 fully saturated rings. The highest BCUT2D eigenvalue weighted by Gasteiger charge is 2.17. The molecule has 0 aliphatic heterocycles. The van der Waals surface area contributed by atoms with Crippen LogP contribution < -0.4 is 4.74 Å². The smallest absolute Gasteiger partial charge is 0.335 e. The number of carbonyl (C=O) groups is 1. The predicted octanol–water partition coefficient (Wildman–Crippen LogP) is 3.76. The van der Waals surface area contributed by atoms with E-state index in [-0.39, 0.29) is 11.5 Å². The summed E-state index contributed by atoms with van der Waals surface area (Å²) in [5.41, 5.74) is 1.25. The Morgan fingerprint density at radius 3 is 2.61 bits per heavy atom. The summed E-state index contributed by atoms with van der Waals surface area (Å²) in [6.45, 7) is 0. The number of carboxylic acid groups (broad SMARTS) is 1. The lowest BCUT2D eigenvalue weighted by molar-refractivity contribution is 0.0697. The predicted molar refractivity (Wildman–Crippen MR) is 83.7 cm³/mol. The average molecular weight is 331 g/mol. The number of rotatable bonds is 4. The molecule has 0 spiro atoms. The van der Waals surface area contributed by atoms with Gasteiger partial charge in [0.15, 0.2) is 0 Å². The van der Waals surface area contributed by atoms with E-state index >= 15 is 0 Å². The van der Waals surface area contributed by atoms with Crippen molar-refractivity contribution in [3.05, 3.63) is 53.1 Å². The molecule has 3 aromatic rings. The van der Waals surface area contributed by atoms with E-state index in [1.165, 1.54) is 19.2 Å². The molecule has 3 rings (SSSR count). The number of hydrogen-bond acceptors (Lipinski definition) is 5. The number of hydrogen-bond donors (Lipinski definition) is 1. The fourth-order valence-corrected chi connectivity index (χ4v) is 2.18. The fraction of sp³-hybridized carbons (Fsp3) is 0.0625. The molecule has 0 radical (unpaired) electrons. The normalized spacial score (nSPS) is 10.5. The molecular formula is C16H11ClN2O4. The lowest BCUT2D eigenvalue weighted by Gasteiger charge is -2.05. The number of nitrogens with zero attached hydrogens (tertiary/aromatic N) is 2. The summed E-state index contributed by atoms with van der Waals surface area (Å²) in [5, 5.41) is 13.6. The van der Waals surface area contributed by atoms with Crippen LogP contribution in [-0.4, -0.2) is 28.3 Å². The van der Waals surface area contributed by atoms with E-state index in [0.717, 1.165) is 5.56 Å². The van der Waals surface area contributed by atoms with Gasteiger partial charge in [0, 0.05) is 10.6 Å². The van der Waals surface area contributed by atoms with Crippen molar-refractivity contribution in [1.82, 2.24) is 10.1 Å². The van der Waals surface area contributed by atoms with Crippen molar-refractivity contribution in [2.24, 2.45) is 0 Å². The monoisotopic (exact) mass is 330 g/mol. The van der Waals surface area contributed by atoms with Crippen LogP contribution in [-0.2, 0) is 0 Å². The van der Waals surface area contributed by atoms with Crippen molar-refractivity contribution in [2.75, 3.05) is 7.11 Å². The molecule has 0 aliphatic carbocycles. The van der Waals surface area contributed by atoms with Crippen molar-refractivity contribution in [3.63, 3.8) is 0 Å². The van der Waals surface area contributed by atoms with Gasteiger partial charge in [-0.2, -0.15) is 4.98 Å². The van der Waals surface area contributed by atoms with Crippen LogP contribution >= 0.6 is 11.6 Å². The Balaban J connectivity index is 2.04. The van der Waals surface area contributed by atoms with Gasteiger partial charge in [-0.05, 0) is 42.5 Å². The molecule has 0 amide bonds. The van der Waals surface area contributed by atoms with Crippen LogP contribution in [0.1, 0.15) is 10.4 Å². The summed E-state index contributed by atoms with van der Waals surface area (Å²) in [6, 6.07) is 11.4. The van der Waals surface area contributed by atoms with Gasteiger partial charge in [-0.1, -0.05) is 16.8 Å². The first-order valence-corrected chi connectivity index (χ1v) is 6.97. The molecule has 0 aliphatic rings. The van der Waals surface area contributed by atoms with Gasteiger partial charge < -0.3 is 14.4 Å². The molecule has 6 nitrogen and oxygen atoms in total. The Morgan fingerprint density at radius 1 is 1.22 bits per heavy atom. The summed E-state index contributed by atoms with van der Waals surface area (Å²) in [6.07, 6.45) is 0. The van der Waals surface area contributed by atoms with Crippen molar-refractivity contribution in [3.8, 4) is 28.6 Å². The van der Waals surface area contributed by atoms with Crippen molar-refractivity contribution in [2.45, 2.75) is 0 Å². The maximum Gasteiger partial charge on any atom is 0.335 e. The molecule has 0 saturated heterocycles. The third-order valence-electron chi connectivity index (χ3n) is 3.21. The zero-order chi connectivity index (χ0) is 16.4. The molecular weight excluding hydrogens is 320 g/mol. The van der Waals surface area contributed by atoms with Crippen molar-refractivity contribution >= 4 is 17.6 Å². The zero-order valence-electron chi connectivity index (χ0n) is 12.0. The van der Waals surface area contributed by atoms with Crippen LogP contribution in [0, 0.1) is 0 Å². The summed E-state index contributed by atoms with van der Waals surface area (Å²) >= 11 is 5.85. The van der Waals surface area contributed by atoms with E-state index < -0.39 is 5.97 Å². The Bertz CT molecular complexity index is 859. The molecule has 2 aromatic carbocycles. The zero-order valence-corrected chi connectivity index (χ0v) is 12.7. The van der Waals surface area contributed by atoms with Gasteiger partial charge >= 0.3 is 5.97 Å². The van der Waals surface area contributed by atoms with E-state index in [2.05, 4.69) is 10.1 Å². The first-order valence-electron chi connectivity index (χ1n) is 6.60. The highest BCUT2D eigenvalue weighted by molar-refractivity contribution is 6.30. The topological polar surface area (TPSA) is 85.5 Å². The molecule has 0 unspecified atom stereocenters. The Morgan fingerprint density at radius 2 is 1.96 bits per heavy atom. The van der Waals surface area contributed by atoms with Crippen LogP contribution in [0.25, 0.3) is 22.8 Å². The number of aromatic carboxylic acids is 1. The minimum Gasteiger partial charge on any atom is -0.496 e. The van der Waals surface area contributed by atoms with E-state index in [9.17, 15) is 4.79 Å². The van der Waals surface area contributed by atoms with Gasteiger partial charge in [0.1, 0.15) is 5.75 Å². The van der Waals surface area contributed by atoms with Crippen molar-refractivity contribution in [1.29, 1.82) is 0 Å². The molecule has 23 heavy (non-hydrogen) atoms. The number of halogens is 1. The maximum atomic E-state index is 11.1. The Hall–Kier alpha value is -2.86. The van der Waals surface area contributed by atoms with E-state index in [0.29, 0.717) is 22.2 Å². The number of aromatic nitrogens is 2. The highest BCUT2D eigenvalue weighted by Crippen LogP contribution is 2.31. The van der Waals surface area contributed by atoms with Crippen molar-refractivity contribution < 1.29 is 19.2 Å². The van der Waals surface area contributed by atoms with Crippen LogP contribution in [0.5, 0.6) is 5.75 Å². The first kappa shape index (κ1) is 15.1. The molecule has 1 aromatic heterocycles. The minimum atomic E-state index is -1.05. The van der Waals surface area contributed by atoms with Gasteiger partial charge in [0.05, 0.1) is 18.2 Å². The molecule has 0 bridgehead atoms. The second-order valence-electron chi connectivity index (χ2n) is 4.65. The SMILES string of the molecule is COc1ccc(C(=O)O)cc1-c1nc(-c2ccc(Cl)cc2)no1. The van der Waals surface area contributed by atoms with E-state index in [1.54, 1.807) is 30.3 Å². The van der Waals surface area contributed by atoms with Gasteiger partial charge in [-0.25, -0.2) is 4.79 Å². The van der Waals surface area contributed by atoms with Crippen LogP contribution in [0.3, 0.4) is 0 Å². The molecule has 0 atom stereocenters. The van der Waals surface area contributed by atoms with Crippen LogP contribution in [0.15, 0.2) is 47.0 Å². The lowest BCUT2D eigenvalue weighted by atomic mass is 10.1. The minimum absolute atomic E-state index is 0.104. The van der Waals surface area contributed by atoms with Gasteiger partial charge in [-0.3, -0.25) is 0 Å². The fourth-order valence-electron chi connectivity index (χ4n) is 2.06. The lowest BCUT2D eigenvalue weighted by Crippen LogP contribution is -1.98. The molecule has 1 N–H and O–H groups in total. The number of ether oxygens (including phenoxy) is 1. The molecule has 0 saturated carbocycles. The van der Waals surface area contributed by atoms with Crippen LogP contribution in [0.4, 0.5) is 0 Å². The maximum absolute atomic E-state index is 11.1. The highest BCUT2D eigenvalue weighted by atomic mass is 35.5. The van der Waals surface area contributed by atoms with E-state index in [4.69, 9.17) is 26.0 Å². The second-order valence-corrected chi connectivity index (χ2v) is 5.09. The molecule has 1 heterocycles.